The van der Waals surface area contributed by atoms with Crippen molar-refractivity contribution in [2.75, 3.05) is 11.9 Å². The maximum absolute atomic E-state index is 12.3. The molecule has 2 amide bonds. The molecule has 5 nitrogen and oxygen atoms in total. The van der Waals surface area contributed by atoms with Crippen molar-refractivity contribution in [3.05, 3.63) is 60.2 Å². The monoisotopic (exact) mass is 422 g/mol. The van der Waals surface area contributed by atoms with E-state index in [9.17, 15) is 9.59 Å². The molecular formula is C26H34N2O3. The van der Waals surface area contributed by atoms with E-state index in [0.29, 0.717) is 24.1 Å². The molecule has 3 atom stereocenters. The molecule has 1 fully saturated rings. The molecule has 3 rings (SSSR count). The minimum atomic E-state index is -0.155. The third-order valence-corrected chi connectivity index (χ3v) is 6.27. The molecule has 1 aliphatic carbocycles. The number of ether oxygens (including phenoxy) is 1. The van der Waals surface area contributed by atoms with Gasteiger partial charge in [0.1, 0.15) is 5.75 Å². The van der Waals surface area contributed by atoms with Crippen molar-refractivity contribution in [3.8, 4) is 5.75 Å². The molecule has 0 radical (unpaired) electrons. The van der Waals surface area contributed by atoms with Crippen LogP contribution in [0.3, 0.4) is 0 Å². The van der Waals surface area contributed by atoms with E-state index < -0.39 is 0 Å². The molecule has 0 heterocycles. The molecule has 2 aromatic rings. The third-order valence-electron chi connectivity index (χ3n) is 6.27. The van der Waals surface area contributed by atoms with Crippen molar-refractivity contribution < 1.29 is 14.3 Å². The Morgan fingerprint density at radius 1 is 0.935 bits per heavy atom. The second-order valence-corrected chi connectivity index (χ2v) is 8.60. The largest absolute Gasteiger partial charge is 0.493 e. The molecule has 1 saturated carbocycles. The average Bonchev–Trinajstić information content (AvgIpc) is 2.77. The van der Waals surface area contributed by atoms with Crippen molar-refractivity contribution in [2.45, 2.75) is 58.4 Å². The van der Waals surface area contributed by atoms with Crippen molar-refractivity contribution in [1.29, 1.82) is 0 Å². The predicted octanol–water partition coefficient (Wildman–Crippen LogP) is 4.97. The van der Waals surface area contributed by atoms with Gasteiger partial charge in [-0.25, -0.2) is 0 Å². The van der Waals surface area contributed by atoms with E-state index >= 15 is 0 Å². The minimum absolute atomic E-state index is 0.0386. The molecule has 0 saturated heterocycles. The van der Waals surface area contributed by atoms with Crippen LogP contribution in [0.4, 0.5) is 5.69 Å². The summed E-state index contributed by atoms with van der Waals surface area (Å²) in [5, 5.41) is 5.97. The average molecular weight is 423 g/mol. The van der Waals surface area contributed by atoms with Gasteiger partial charge in [-0.1, -0.05) is 57.0 Å². The van der Waals surface area contributed by atoms with Gasteiger partial charge in [0, 0.05) is 31.0 Å². The van der Waals surface area contributed by atoms with Gasteiger partial charge in [-0.3, -0.25) is 9.59 Å². The summed E-state index contributed by atoms with van der Waals surface area (Å²) in [6.45, 7) is 5.05. The lowest BCUT2D eigenvalue weighted by molar-refractivity contribution is -0.125. The lowest BCUT2D eigenvalue weighted by Crippen LogP contribution is -2.43. The van der Waals surface area contributed by atoms with Gasteiger partial charge >= 0.3 is 0 Å². The first-order chi connectivity index (χ1) is 15.0. The summed E-state index contributed by atoms with van der Waals surface area (Å²) >= 11 is 0. The van der Waals surface area contributed by atoms with Crippen LogP contribution in [0, 0.1) is 11.8 Å². The Kier molecular flexibility index (Phi) is 8.51. The number of benzene rings is 2. The summed E-state index contributed by atoms with van der Waals surface area (Å²) in [6, 6.07) is 17.8. The summed E-state index contributed by atoms with van der Waals surface area (Å²) in [5.41, 5.74) is 1.94. The highest BCUT2D eigenvalue weighted by atomic mass is 16.5. The Morgan fingerprint density at radius 2 is 1.65 bits per heavy atom. The highest BCUT2D eigenvalue weighted by Gasteiger charge is 2.28. The van der Waals surface area contributed by atoms with Crippen molar-refractivity contribution >= 4 is 17.5 Å². The van der Waals surface area contributed by atoms with E-state index in [4.69, 9.17) is 4.74 Å². The first-order valence-electron chi connectivity index (χ1n) is 11.4. The van der Waals surface area contributed by atoms with E-state index in [2.05, 4.69) is 36.6 Å². The second kappa shape index (κ2) is 11.5. The van der Waals surface area contributed by atoms with E-state index in [0.717, 1.165) is 25.0 Å². The van der Waals surface area contributed by atoms with Crippen LogP contribution in [-0.4, -0.2) is 24.5 Å². The molecule has 2 N–H and O–H groups in total. The normalized spacial score (nSPS) is 20.6. The van der Waals surface area contributed by atoms with Crippen LogP contribution in [0.25, 0.3) is 0 Å². The highest BCUT2D eigenvalue weighted by Crippen LogP contribution is 2.29. The van der Waals surface area contributed by atoms with Gasteiger partial charge in [-0.15, -0.1) is 0 Å². The van der Waals surface area contributed by atoms with Crippen molar-refractivity contribution in [2.24, 2.45) is 11.8 Å². The Labute approximate surface area is 185 Å². The fourth-order valence-electron chi connectivity index (χ4n) is 4.08. The van der Waals surface area contributed by atoms with Crippen LogP contribution in [0.2, 0.25) is 0 Å². The maximum atomic E-state index is 12.3. The molecule has 0 spiro atoms. The Morgan fingerprint density at radius 3 is 2.39 bits per heavy atom. The quantitative estimate of drug-likeness (QED) is 0.600. The van der Waals surface area contributed by atoms with Crippen LogP contribution in [-0.2, 0) is 16.0 Å². The Balaban J connectivity index is 1.35. The molecule has 0 aliphatic heterocycles. The topological polar surface area (TPSA) is 67.4 Å². The van der Waals surface area contributed by atoms with E-state index in [1.165, 1.54) is 12.0 Å². The van der Waals surface area contributed by atoms with Crippen molar-refractivity contribution in [1.82, 2.24) is 5.32 Å². The number of nitrogens with one attached hydrogen (secondary N) is 2. The lowest BCUT2D eigenvalue weighted by atomic mass is 9.78. The predicted molar refractivity (Wildman–Crippen MR) is 124 cm³/mol. The number of rotatable bonds is 9. The van der Waals surface area contributed by atoms with E-state index in [1.54, 1.807) is 0 Å². The minimum Gasteiger partial charge on any atom is -0.493 e. The van der Waals surface area contributed by atoms with Gasteiger partial charge in [0.2, 0.25) is 11.8 Å². The summed E-state index contributed by atoms with van der Waals surface area (Å²) in [4.78, 5) is 24.5. The third kappa shape index (κ3) is 7.42. The van der Waals surface area contributed by atoms with Crippen LogP contribution >= 0.6 is 0 Å². The zero-order valence-electron chi connectivity index (χ0n) is 18.6. The fraction of sp³-hybridized carbons (Fsp3) is 0.462. The first kappa shape index (κ1) is 22.9. The number of carbonyl (C=O) groups excluding carboxylic acids is 2. The summed E-state index contributed by atoms with van der Waals surface area (Å²) in [6.07, 6.45) is 4.65. The highest BCUT2D eigenvalue weighted by molar-refractivity contribution is 5.93. The molecular weight excluding hydrogens is 388 g/mol. The van der Waals surface area contributed by atoms with E-state index in [1.807, 2.05) is 42.5 Å². The summed E-state index contributed by atoms with van der Waals surface area (Å²) < 4.78 is 5.77. The van der Waals surface area contributed by atoms with Gasteiger partial charge in [0.05, 0.1) is 6.61 Å². The molecule has 2 aromatic carbocycles. The van der Waals surface area contributed by atoms with Crippen LogP contribution in [0.1, 0.15) is 51.5 Å². The van der Waals surface area contributed by atoms with Gasteiger partial charge in [-0.05, 0) is 48.1 Å². The fourth-order valence-corrected chi connectivity index (χ4v) is 4.08. The van der Waals surface area contributed by atoms with Crippen LogP contribution < -0.4 is 15.4 Å². The van der Waals surface area contributed by atoms with E-state index in [-0.39, 0.29) is 30.7 Å². The number of anilines is 1. The molecule has 31 heavy (non-hydrogen) atoms. The van der Waals surface area contributed by atoms with Crippen LogP contribution in [0.15, 0.2) is 54.6 Å². The molecule has 0 aromatic heterocycles. The standard InChI is InChI=1S/C26H34N2O3/c1-19-7-6-10-24(20(19)2)28-26(30)16-15-25(29)27-22-11-13-23(14-12-22)31-18-17-21-8-4-3-5-9-21/h3-5,8-9,11-14,19-20,24H,6-7,10,15-18H2,1-2H3,(H,27,29)(H,28,30)/t19-,20+,24-/m0/s1. The Bertz CT molecular complexity index is 835. The Hall–Kier alpha value is -2.82. The molecule has 0 bridgehead atoms. The summed E-state index contributed by atoms with van der Waals surface area (Å²) in [7, 11) is 0. The van der Waals surface area contributed by atoms with Gasteiger partial charge in [-0.2, -0.15) is 0 Å². The molecule has 5 heteroatoms. The van der Waals surface area contributed by atoms with Crippen molar-refractivity contribution in [3.63, 3.8) is 0 Å². The first-order valence-corrected chi connectivity index (χ1v) is 11.4. The van der Waals surface area contributed by atoms with Gasteiger partial charge in [0.15, 0.2) is 0 Å². The molecule has 0 unspecified atom stereocenters. The second-order valence-electron chi connectivity index (χ2n) is 8.60. The lowest BCUT2D eigenvalue weighted by Gasteiger charge is -2.34. The number of hydrogen-bond acceptors (Lipinski definition) is 3. The zero-order valence-corrected chi connectivity index (χ0v) is 18.6. The number of hydrogen-bond donors (Lipinski definition) is 2. The van der Waals surface area contributed by atoms with Gasteiger partial charge in [0.25, 0.3) is 0 Å². The molecule has 166 valence electrons. The van der Waals surface area contributed by atoms with Gasteiger partial charge < -0.3 is 15.4 Å². The zero-order chi connectivity index (χ0) is 22.1. The smallest absolute Gasteiger partial charge is 0.224 e. The van der Waals surface area contributed by atoms with Crippen LogP contribution in [0.5, 0.6) is 5.75 Å². The maximum Gasteiger partial charge on any atom is 0.224 e. The summed E-state index contributed by atoms with van der Waals surface area (Å²) in [5.74, 6) is 1.69. The number of amides is 2. The number of carbonyl (C=O) groups is 2. The SMILES string of the molecule is C[C@H]1[C@@H](NC(=O)CCC(=O)Nc2ccc(OCCc3ccccc3)cc2)CCC[C@@H]1C. The molecule has 1 aliphatic rings.